The first-order valence-corrected chi connectivity index (χ1v) is 6.70. The zero-order chi connectivity index (χ0) is 15.6. The molecule has 7 nitrogen and oxygen atoms in total. The van der Waals surface area contributed by atoms with Crippen LogP contribution in [-0.2, 0) is 6.54 Å². The first-order valence-electron chi connectivity index (χ1n) is 5.90. The third-order valence-corrected chi connectivity index (χ3v) is 3.42. The van der Waals surface area contributed by atoms with Crippen LogP contribution in [0.15, 0.2) is 22.7 Å². The van der Waals surface area contributed by atoms with Crippen molar-refractivity contribution >= 4 is 27.6 Å². The van der Waals surface area contributed by atoms with Crippen LogP contribution < -0.4 is 16.2 Å². The van der Waals surface area contributed by atoms with Crippen molar-refractivity contribution in [2.75, 3.05) is 12.8 Å². The van der Waals surface area contributed by atoms with Crippen LogP contribution in [0.3, 0.4) is 0 Å². The molecule has 0 aliphatic carbocycles. The molecular weight excluding hydrogens is 336 g/mol. The molecule has 0 saturated carbocycles. The second-order valence-electron chi connectivity index (χ2n) is 4.25. The number of nitrogens with two attached hydrogens (primary N) is 2. The summed E-state index contributed by atoms with van der Waals surface area (Å²) in [6.45, 7) is 0.297. The number of hydrogen-bond acceptors (Lipinski definition) is 5. The number of methoxy groups -OCH3 is 1. The Morgan fingerprint density at radius 2 is 2.29 bits per heavy atom. The number of ether oxygens (including phenoxy) is 1. The molecule has 0 spiro atoms. The van der Waals surface area contributed by atoms with E-state index in [0.717, 1.165) is 10.0 Å². The fourth-order valence-corrected chi connectivity index (χ4v) is 2.27. The Balaban J connectivity index is 2.49. The van der Waals surface area contributed by atoms with E-state index in [1.807, 2.05) is 12.1 Å². The van der Waals surface area contributed by atoms with E-state index in [1.165, 1.54) is 7.11 Å². The zero-order valence-electron chi connectivity index (χ0n) is 11.2. The van der Waals surface area contributed by atoms with Crippen LogP contribution in [-0.4, -0.2) is 22.5 Å². The molecule has 0 atom stereocenters. The van der Waals surface area contributed by atoms with Crippen molar-refractivity contribution in [2.24, 2.45) is 5.73 Å². The normalized spacial score (nSPS) is 10.1. The van der Waals surface area contributed by atoms with Crippen molar-refractivity contribution in [2.45, 2.75) is 6.54 Å². The topological polar surface area (TPSA) is 127 Å². The van der Waals surface area contributed by atoms with E-state index in [0.29, 0.717) is 12.1 Å². The van der Waals surface area contributed by atoms with E-state index in [1.54, 1.807) is 10.6 Å². The Morgan fingerprint density at radius 3 is 2.86 bits per heavy atom. The summed E-state index contributed by atoms with van der Waals surface area (Å²) in [5.74, 6) is -0.00739. The van der Waals surface area contributed by atoms with E-state index < -0.39 is 0 Å². The molecule has 0 bridgehead atoms. The van der Waals surface area contributed by atoms with Crippen molar-refractivity contribution in [3.05, 3.63) is 39.5 Å². The number of halogens is 1. The highest BCUT2D eigenvalue weighted by molar-refractivity contribution is 9.10. The molecule has 8 heteroatoms. The number of imidazole rings is 1. The lowest BCUT2D eigenvalue weighted by molar-refractivity contribution is 0.362. The van der Waals surface area contributed by atoms with Gasteiger partial charge in [0.05, 0.1) is 25.3 Å². The molecule has 0 unspecified atom stereocenters. The predicted molar refractivity (Wildman–Crippen MR) is 82.2 cm³/mol. The number of nitrogens with one attached hydrogen (secondary N) is 1. The number of hydrogen-bond donors (Lipinski definition) is 3. The van der Waals surface area contributed by atoms with Gasteiger partial charge in [-0.05, 0) is 17.7 Å². The van der Waals surface area contributed by atoms with Gasteiger partial charge >= 0.3 is 0 Å². The number of benzene rings is 1. The summed E-state index contributed by atoms with van der Waals surface area (Å²) in [6, 6.07) is 7.74. The molecule has 108 valence electrons. The first kappa shape index (κ1) is 14.9. The molecule has 0 fully saturated rings. The van der Waals surface area contributed by atoms with Gasteiger partial charge in [-0.2, -0.15) is 10.2 Å². The van der Waals surface area contributed by atoms with Crippen molar-refractivity contribution < 1.29 is 4.74 Å². The van der Waals surface area contributed by atoms with Gasteiger partial charge in [0, 0.05) is 4.47 Å². The summed E-state index contributed by atoms with van der Waals surface area (Å²) in [7, 11) is 1.45. The smallest absolute Gasteiger partial charge is 0.298 e. The molecule has 0 aliphatic rings. The van der Waals surface area contributed by atoms with Gasteiger partial charge < -0.3 is 16.2 Å². The highest BCUT2D eigenvalue weighted by Crippen LogP contribution is 2.24. The van der Waals surface area contributed by atoms with Crippen LogP contribution >= 0.6 is 15.9 Å². The van der Waals surface area contributed by atoms with Crippen molar-refractivity contribution in [3.63, 3.8) is 0 Å². The molecule has 2 aromatic rings. The average Bonchev–Trinajstić information content (AvgIpc) is 2.77. The van der Waals surface area contributed by atoms with E-state index in [-0.39, 0.29) is 23.4 Å². The number of anilines is 1. The van der Waals surface area contributed by atoms with Crippen LogP contribution in [0, 0.1) is 16.7 Å². The molecule has 1 aromatic carbocycles. The van der Waals surface area contributed by atoms with Gasteiger partial charge in [0.25, 0.3) is 6.01 Å². The molecule has 1 aromatic heterocycles. The van der Waals surface area contributed by atoms with E-state index in [4.69, 9.17) is 21.6 Å². The monoisotopic (exact) mass is 348 g/mol. The summed E-state index contributed by atoms with van der Waals surface area (Å²) in [4.78, 5) is 4.07. The van der Waals surface area contributed by atoms with Crippen LogP contribution in [0.25, 0.3) is 0 Å². The van der Waals surface area contributed by atoms with Gasteiger partial charge in [0.1, 0.15) is 11.7 Å². The van der Waals surface area contributed by atoms with Crippen molar-refractivity contribution in [1.29, 1.82) is 10.7 Å². The van der Waals surface area contributed by atoms with E-state index in [9.17, 15) is 5.26 Å². The van der Waals surface area contributed by atoms with Crippen LogP contribution in [0.5, 0.6) is 6.01 Å². The highest BCUT2D eigenvalue weighted by atomic mass is 79.9. The average molecular weight is 349 g/mol. The van der Waals surface area contributed by atoms with Crippen LogP contribution in [0.2, 0.25) is 0 Å². The SMILES string of the molecule is COc1nc(C(=N)N)c(N)n1Cc1ccc(Br)cc1C#N. The highest BCUT2D eigenvalue weighted by Gasteiger charge is 2.18. The van der Waals surface area contributed by atoms with Gasteiger partial charge in [-0.25, -0.2) is 0 Å². The van der Waals surface area contributed by atoms with Gasteiger partial charge in [0.2, 0.25) is 0 Å². The third-order valence-electron chi connectivity index (χ3n) is 2.93. The minimum absolute atomic E-state index is 0.169. The second kappa shape index (κ2) is 5.85. The minimum Gasteiger partial charge on any atom is -0.468 e. The number of aromatic nitrogens is 2. The molecule has 0 amide bonds. The third kappa shape index (κ3) is 2.83. The summed E-state index contributed by atoms with van der Waals surface area (Å²) in [6.07, 6.45) is 0. The molecule has 21 heavy (non-hydrogen) atoms. The minimum atomic E-state index is -0.235. The van der Waals surface area contributed by atoms with Crippen LogP contribution in [0.4, 0.5) is 5.82 Å². The summed E-state index contributed by atoms with van der Waals surface area (Å²) >= 11 is 3.32. The number of nitrogen functional groups attached to an aromatic ring is 2. The number of nitrogens with zero attached hydrogens (tertiary/aromatic N) is 3. The molecule has 5 N–H and O–H groups in total. The Morgan fingerprint density at radius 1 is 1.57 bits per heavy atom. The Labute approximate surface area is 129 Å². The molecule has 0 radical (unpaired) electrons. The molecule has 1 heterocycles. The Hall–Kier alpha value is -2.53. The maximum Gasteiger partial charge on any atom is 0.298 e. The molecular formula is C13H13BrN6O. The predicted octanol–water partition coefficient (Wildman–Crippen LogP) is 1.44. The van der Waals surface area contributed by atoms with E-state index in [2.05, 4.69) is 27.0 Å². The largest absolute Gasteiger partial charge is 0.468 e. The fourth-order valence-electron chi connectivity index (χ4n) is 1.91. The van der Waals surface area contributed by atoms with Gasteiger partial charge in [-0.3, -0.25) is 9.98 Å². The van der Waals surface area contributed by atoms with Gasteiger partial charge in [-0.1, -0.05) is 22.0 Å². The lowest BCUT2D eigenvalue weighted by Crippen LogP contribution is -2.15. The summed E-state index contributed by atoms with van der Waals surface area (Å²) in [5.41, 5.74) is 12.8. The second-order valence-corrected chi connectivity index (χ2v) is 5.16. The quantitative estimate of drug-likeness (QED) is 0.569. The van der Waals surface area contributed by atoms with Gasteiger partial charge in [-0.15, -0.1) is 0 Å². The van der Waals surface area contributed by atoms with Gasteiger partial charge in [0.15, 0.2) is 5.69 Å². The Bertz CT molecular complexity index is 746. The fraction of sp³-hybridized carbons (Fsp3) is 0.154. The maximum absolute atomic E-state index is 9.20. The van der Waals surface area contributed by atoms with Crippen LogP contribution in [0.1, 0.15) is 16.8 Å². The lowest BCUT2D eigenvalue weighted by Gasteiger charge is -2.10. The van der Waals surface area contributed by atoms with Crippen molar-refractivity contribution in [3.8, 4) is 12.1 Å². The summed E-state index contributed by atoms with van der Waals surface area (Å²) < 4.78 is 7.54. The summed E-state index contributed by atoms with van der Waals surface area (Å²) in [5, 5.41) is 16.7. The first-order chi connectivity index (χ1) is 9.97. The van der Waals surface area contributed by atoms with E-state index >= 15 is 0 Å². The molecule has 0 saturated heterocycles. The number of rotatable bonds is 4. The maximum atomic E-state index is 9.20. The standard InChI is InChI=1S/C13H13BrN6O/c1-21-13-19-10(11(16)17)12(18)20(13)6-7-2-3-9(14)4-8(7)5-15/h2-4H,6,18H2,1H3,(H3,16,17). The number of amidine groups is 1. The molecule has 2 rings (SSSR count). The molecule has 0 aliphatic heterocycles. The lowest BCUT2D eigenvalue weighted by atomic mass is 10.1. The zero-order valence-corrected chi connectivity index (χ0v) is 12.8. The Kier molecular flexibility index (Phi) is 4.14. The van der Waals surface area contributed by atoms with Crippen molar-refractivity contribution in [1.82, 2.24) is 9.55 Å². The number of nitriles is 1.